The van der Waals surface area contributed by atoms with Gasteiger partial charge in [-0.3, -0.25) is 0 Å². The molecule has 0 spiro atoms. The molecule has 0 fully saturated rings. The Morgan fingerprint density at radius 3 is 2.03 bits per heavy atom. The van der Waals surface area contributed by atoms with Gasteiger partial charge in [0.2, 0.25) is 0 Å². The number of halogens is 2. The number of aryl methyl sites for hydroxylation is 1. The van der Waals surface area contributed by atoms with Gasteiger partial charge < -0.3 is 24.8 Å². The van der Waals surface area contributed by atoms with Crippen molar-refractivity contribution in [3.05, 3.63) is 96.9 Å². The number of rotatable bonds is 5. The van der Waals surface area contributed by atoms with Gasteiger partial charge in [0.25, 0.3) is 0 Å². The standard InChI is InChI=1S/C18H17.C9H13.C2H6Si.2ClH.Zr/c1-2-7-14-8-3-5-10-16(14)18-13-12-15-9-4-6-11-17(15)18;1-6-5-7(2)9(4)8(6)3;1-3-2;;;/h3-6,8-13H,2,7H2,1H3;6H,1-4H3;1-2H3;2*1H;/q;;;;;+2/p-2. The Bertz CT molecular complexity index is 1170. The smallest absolute Gasteiger partial charge is 1.00 e. The third-order valence-electron chi connectivity index (χ3n) is 7.53. The summed E-state index contributed by atoms with van der Waals surface area (Å²) < 4.78 is 2.59. The monoisotopic (exact) mass is 572 g/mol. The van der Waals surface area contributed by atoms with Crippen LogP contribution in [0.15, 0.2) is 74.6 Å². The quantitative estimate of drug-likeness (QED) is 0.481. The Morgan fingerprint density at radius 1 is 0.848 bits per heavy atom. The van der Waals surface area contributed by atoms with Gasteiger partial charge in [0.15, 0.2) is 0 Å². The minimum absolute atomic E-state index is 0. The molecule has 0 saturated carbocycles. The van der Waals surface area contributed by atoms with E-state index >= 15 is 0 Å². The zero-order valence-electron chi connectivity index (χ0n) is 21.0. The number of hydrogen-bond acceptors (Lipinski definition) is 0. The van der Waals surface area contributed by atoms with Crippen molar-refractivity contribution in [2.45, 2.75) is 64.2 Å². The molecule has 2 aromatic rings. The van der Waals surface area contributed by atoms with E-state index in [9.17, 15) is 0 Å². The fraction of sp³-hybridized carbons (Fsp3) is 0.379. The number of fused-ring (bicyclic) bond motifs is 1. The van der Waals surface area contributed by atoms with E-state index < -0.39 is 20.4 Å². The van der Waals surface area contributed by atoms with E-state index in [1.807, 2.05) is 3.28 Å². The van der Waals surface area contributed by atoms with Crippen molar-refractivity contribution in [3.8, 4) is 0 Å². The van der Waals surface area contributed by atoms with Crippen LogP contribution in [-0.2, 0) is 26.8 Å². The Labute approximate surface area is 221 Å². The average molecular weight is 575 g/mol. The Morgan fingerprint density at radius 2 is 1.45 bits per heavy atom. The van der Waals surface area contributed by atoms with Crippen molar-refractivity contribution in [1.29, 1.82) is 0 Å². The van der Waals surface area contributed by atoms with Gasteiger partial charge in [-0.2, -0.15) is 0 Å². The second kappa shape index (κ2) is 11.9. The van der Waals surface area contributed by atoms with Gasteiger partial charge >= 0.3 is 198 Å². The maximum absolute atomic E-state index is 2.72. The molecule has 4 heteroatoms. The van der Waals surface area contributed by atoms with E-state index in [1.54, 1.807) is 22.3 Å². The number of hydrogen-bond donors (Lipinski definition) is 0. The predicted molar refractivity (Wildman–Crippen MR) is 134 cm³/mol. The van der Waals surface area contributed by atoms with Crippen LogP contribution in [0.1, 0.15) is 66.9 Å². The molecule has 2 aliphatic carbocycles. The Kier molecular flexibility index (Phi) is 10.3. The number of allylic oxidation sites excluding steroid dienone is 5. The molecule has 33 heavy (non-hydrogen) atoms. The van der Waals surface area contributed by atoms with E-state index in [-0.39, 0.29) is 30.2 Å². The summed E-state index contributed by atoms with van der Waals surface area (Å²) in [6.45, 7) is 17.1. The van der Waals surface area contributed by atoms with Crippen LogP contribution in [0.5, 0.6) is 0 Å². The first-order valence-electron chi connectivity index (χ1n) is 11.8. The third-order valence-corrected chi connectivity index (χ3v) is 26.1. The van der Waals surface area contributed by atoms with Crippen molar-refractivity contribution < 1.29 is 45.2 Å². The van der Waals surface area contributed by atoms with Crippen LogP contribution in [0.25, 0.3) is 5.57 Å². The molecule has 2 unspecified atom stereocenters. The molecule has 2 aliphatic rings. The molecule has 0 heterocycles. The first-order valence-corrected chi connectivity index (χ1v) is 20.7. The van der Waals surface area contributed by atoms with Gasteiger partial charge in [0, 0.05) is 0 Å². The molecule has 174 valence electrons. The molecule has 0 nitrogen and oxygen atoms in total. The van der Waals surface area contributed by atoms with Crippen LogP contribution < -0.4 is 24.8 Å². The van der Waals surface area contributed by atoms with Crippen LogP contribution in [0.2, 0.25) is 13.1 Å². The third kappa shape index (κ3) is 5.16. The summed E-state index contributed by atoms with van der Waals surface area (Å²) >= 11 is -1.92. The molecule has 4 rings (SSSR count). The predicted octanol–water partition coefficient (Wildman–Crippen LogP) is 2.26. The van der Waals surface area contributed by atoms with E-state index in [0.717, 1.165) is 6.42 Å². The van der Waals surface area contributed by atoms with Crippen LogP contribution in [-0.4, -0.2) is 5.43 Å². The summed E-state index contributed by atoms with van der Waals surface area (Å²) in [4.78, 5) is 0. The van der Waals surface area contributed by atoms with E-state index in [4.69, 9.17) is 0 Å². The van der Waals surface area contributed by atoms with Crippen LogP contribution in [0.4, 0.5) is 0 Å². The zero-order valence-corrected chi connectivity index (χ0v) is 26.0. The minimum Gasteiger partial charge on any atom is -1.00 e. The molecule has 0 saturated heterocycles. The van der Waals surface area contributed by atoms with Gasteiger partial charge in [-0.1, -0.05) is 0 Å². The van der Waals surface area contributed by atoms with Crippen LogP contribution in [0.3, 0.4) is 0 Å². The van der Waals surface area contributed by atoms with Crippen molar-refractivity contribution >= 4 is 11.0 Å². The Hall–Kier alpha value is -0.660. The summed E-state index contributed by atoms with van der Waals surface area (Å²) in [6, 6.07) is 18.5. The van der Waals surface area contributed by atoms with E-state index in [0.29, 0.717) is 9.54 Å². The molecule has 0 aliphatic heterocycles. The fourth-order valence-electron chi connectivity index (χ4n) is 5.65. The van der Waals surface area contributed by atoms with E-state index in [1.165, 1.54) is 28.7 Å². The van der Waals surface area contributed by atoms with Crippen molar-refractivity contribution in [2.24, 2.45) is 5.92 Å². The average Bonchev–Trinajstić information content (AvgIpc) is 3.22. The molecule has 2 aromatic carbocycles. The molecule has 0 radical (unpaired) electrons. The summed E-state index contributed by atoms with van der Waals surface area (Å²) in [5, 5.41) is 0. The number of benzene rings is 2. The van der Waals surface area contributed by atoms with Gasteiger partial charge in [-0.05, 0) is 0 Å². The largest absolute Gasteiger partial charge is 1.00 e. The molecule has 0 aromatic heterocycles. The second-order valence-electron chi connectivity index (χ2n) is 9.53. The maximum atomic E-state index is 2.72. The van der Waals surface area contributed by atoms with E-state index in [2.05, 4.69) is 102 Å². The first kappa shape index (κ1) is 28.6. The van der Waals surface area contributed by atoms with Crippen molar-refractivity contribution in [1.82, 2.24) is 0 Å². The zero-order chi connectivity index (χ0) is 22.3. The van der Waals surface area contributed by atoms with Gasteiger partial charge in [-0.15, -0.1) is 0 Å². The molecule has 0 N–H and O–H groups in total. The normalized spacial score (nSPS) is 18.8. The maximum Gasteiger partial charge on any atom is -1.00 e. The molecular weight excluding hydrogens is 539 g/mol. The van der Waals surface area contributed by atoms with Crippen molar-refractivity contribution in [2.75, 3.05) is 0 Å². The van der Waals surface area contributed by atoms with Gasteiger partial charge in [-0.25, -0.2) is 0 Å². The fourth-order valence-corrected chi connectivity index (χ4v) is 25.3. The van der Waals surface area contributed by atoms with Crippen LogP contribution in [0, 0.1) is 5.92 Å². The summed E-state index contributed by atoms with van der Waals surface area (Å²) in [5.74, 6) is 0.659. The summed E-state index contributed by atoms with van der Waals surface area (Å²) in [6.07, 6.45) is 5.08. The summed E-state index contributed by atoms with van der Waals surface area (Å²) in [5.41, 5.74) is 12.1. The first-order chi connectivity index (χ1) is 14.9. The van der Waals surface area contributed by atoms with Gasteiger partial charge in [0.05, 0.1) is 0 Å². The molecular formula is C29H36Cl2SiZr. The molecule has 0 bridgehead atoms. The summed E-state index contributed by atoms with van der Waals surface area (Å²) in [7, 11) is 0. The SMILES string of the molecule is CCCc1ccccc1C1=C[CH]([Zr+2]([C]2=C(C)C(C)=C(C)C2C)=[Si](C)C)c2ccccc21.[Cl-].[Cl-]. The van der Waals surface area contributed by atoms with Crippen LogP contribution >= 0.6 is 0 Å². The van der Waals surface area contributed by atoms with Gasteiger partial charge in [0.1, 0.15) is 0 Å². The second-order valence-corrected chi connectivity index (χ2v) is 27.0. The van der Waals surface area contributed by atoms with Crippen molar-refractivity contribution in [3.63, 3.8) is 0 Å². The Balaban J connectivity index is 0.00000193. The minimum atomic E-state index is -1.92. The topological polar surface area (TPSA) is 0 Å². The molecule has 2 atom stereocenters. The molecule has 0 amide bonds.